The van der Waals surface area contributed by atoms with Gasteiger partial charge in [-0.3, -0.25) is 0 Å². The van der Waals surface area contributed by atoms with Crippen molar-refractivity contribution in [1.29, 1.82) is 0 Å². The number of hydrogen-bond acceptors (Lipinski definition) is 2. The lowest BCUT2D eigenvalue weighted by Gasteiger charge is -2.02. The van der Waals surface area contributed by atoms with E-state index in [0.717, 1.165) is 19.2 Å². The first-order chi connectivity index (χ1) is 7.22. The molecule has 0 fully saturated rings. The molecule has 0 radical (unpaired) electrons. The number of rotatable bonds is 3. The van der Waals surface area contributed by atoms with Crippen molar-refractivity contribution in [2.75, 3.05) is 0 Å². The molecule has 0 amide bonds. The number of fused-ring (bicyclic) bond motifs is 1. The maximum absolute atomic E-state index is 5.98. The van der Waals surface area contributed by atoms with E-state index < -0.39 is 0 Å². The molecule has 0 aromatic heterocycles. The van der Waals surface area contributed by atoms with E-state index in [1.54, 1.807) is 12.1 Å². The summed E-state index contributed by atoms with van der Waals surface area (Å²) in [7, 11) is -0.239. The van der Waals surface area contributed by atoms with Gasteiger partial charge in [0.05, 0.1) is 10.0 Å². The maximum atomic E-state index is 5.98. The van der Waals surface area contributed by atoms with Crippen molar-refractivity contribution in [3.8, 4) is 11.5 Å². The van der Waals surface area contributed by atoms with E-state index in [1.165, 1.54) is 0 Å². The lowest BCUT2D eigenvalue weighted by molar-refractivity contribution is 0.492. The van der Waals surface area contributed by atoms with Crippen LogP contribution in [-0.2, 0) is 0 Å². The van der Waals surface area contributed by atoms with Gasteiger partial charge in [0.2, 0.25) is 0 Å². The molecule has 0 N–H and O–H groups in total. The molecular formula is C10H11BCl2O2. The lowest BCUT2D eigenvalue weighted by atomic mass is 9.83. The molecule has 5 heteroatoms. The molecule has 0 bridgehead atoms. The van der Waals surface area contributed by atoms with Crippen molar-refractivity contribution < 1.29 is 9.31 Å². The molecule has 1 aliphatic rings. The zero-order valence-electron chi connectivity index (χ0n) is 8.43. The van der Waals surface area contributed by atoms with Gasteiger partial charge >= 0.3 is 7.12 Å². The van der Waals surface area contributed by atoms with E-state index in [1.807, 2.05) is 0 Å². The van der Waals surface area contributed by atoms with Crippen molar-refractivity contribution in [3.05, 3.63) is 22.2 Å². The predicted molar refractivity (Wildman–Crippen MR) is 63.2 cm³/mol. The lowest BCUT2D eigenvalue weighted by Crippen LogP contribution is -2.23. The first kappa shape index (κ1) is 11.0. The van der Waals surface area contributed by atoms with Crippen LogP contribution in [0.4, 0.5) is 0 Å². The van der Waals surface area contributed by atoms with Crippen LogP contribution >= 0.6 is 23.2 Å². The molecule has 80 valence electrons. The molecule has 2 rings (SSSR count). The summed E-state index contributed by atoms with van der Waals surface area (Å²) in [5.74, 6) is 1.15. The Hall–Kier alpha value is -0.535. The number of benzene rings is 1. The van der Waals surface area contributed by atoms with Gasteiger partial charge in [-0.15, -0.1) is 0 Å². The third kappa shape index (κ3) is 2.18. The second-order valence-corrected chi connectivity index (χ2v) is 4.31. The number of unbranched alkanes of at least 4 members (excludes halogenated alkanes) is 1. The highest BCUT2D eigenvalue weighted by Crippen LogP contribution is 2.45. The first-order valence-corrected chi connectivity index (χ1v) is 5.79. The Kier molecular flexibility index (Phi) is 3.32. The van der Waals surface area contributed by atoms with Gasteiger partial charge in [0.15, 0.2) is 11.5 Å². The molecule has 0 saturated carbocycles. The monoisotopic (exact) mass is 244 g/mol. The second kappa shape index (κ2) is 4.54. The van der Waals surface area contributed by atoms with Crippen LogP contribution in [0.3, 0.4) is 0 Å². The van der Waals surface area contributed by atoms with Gasteiger partial charge in [-0.1, -0.05) is 43.0 Å². The summed E-state index contributed by atoms with van der Waals surface area (Å²) in [6.07, 6.45) is 3.03. The quantitative estimate of drug-likeness (QED) is 0.747. The van der Waals surface area contributed by atoms with Crippen LogP contribution in [0.2, 0.25) is 16.4 Å². The van der Waals surface area contributed by atoms with Gasteiger partial charge in [-0.05, 0) is 12.1 Å². The molecule has 1 aromatic rings. The number of halogens is 2. The van der Waals surface area contributed by atoms with Crippen molar-refractivity contribution in [2.24, 2.45) is 0 Å². The molecule has 15 heavy (non-hydrogen) atoms. The van der Waals surface area contributed by atoms with E-state index in [2.05, 4.69) is 6.92 Å². The molecule has 1 heterocycles. The van der Waals surface area contributed by atoms with Crippen LogP contribution in [0.15, 0.2) is 12.1 Å². The summed E-state index contributed by atoms with van der Waals surface area (Å²) >= 11 is 12.0. The van der Waals surface area contributed by atoms with E-state index in [-0.39, 0.29) is 7.12 Å². The van der Waals surface area contributed by atoms with Crippen molar-refractivity contribution in [1.82, 2.24) is 0 Å². The van der Waals surface area contributed by atoms with Gasteiger partial charge in [-0.2, -0.15) is 0 Å². The van der Waals surface area contributed by atoms with Crippen molar-refractivity contribution in [3.63, 3.8) is 0 Å². The van der Waals surface area contributed by atoms with Gasteiger partial charge < -0.3 is 9.31 Å². The molecule has 1 aromatic carbocycles. The summed E-state index contributed by atoms with van der Waals surface area (Å²) in [5, 5.41) is 1.10. The molecule has 0 saturated heterocycles. The minimum absolute atomic E-state index is 0.239. The summed E-state index contributed by atoms with van der Waals surface area (Å²) in [4.78, 5) is 0. The van der Waals surface area contributed by atoms with Crippen molar-refractivity contribution >= 4 is 30.3 Å². The largest absolute Gasteiger partial charge is 0.594 e. The van der Waals surface area contributed by atoms with E-state index >= 15 is 0 Å². The van der Waals surface area contributed by atoms with Gasteiger partial charge in [-0.25, -0.2) is 0 Å². The second-order valence-electron chi connectivity index (χ2n) is 3.49. The molecule has 0 unspecified atom stereocenters. The molecule has 2 nitrogen and oxygen atoms in total. The fraction of sp³-hybridized carbons (Fsp3) is 0.400. The third-order valence-electron chi connectivity index (χ3n) is 2.31. The van der Waals surface area contributed by atoms with E-state index in [9.17, 15) is 0 Å². The summed E-state index contributed by atoms with van der Waals surface area (Å²) in [5.41, 5.74) is 0. The zero-order valence-corrected chi connectivity index (χ0v) is 9.94. The number of hydrogen-bond donors (Lipinski definition) is 0. The molecule has 0 spiro atoms. The Morgan fingerprint density at radius 1 is 1.13 bits per heavy atom. The van der Waals surface area contributed by atoms with Crippen molar-refractivity contribution in [2.45, 2.75) is 26.1 Å². The smallest absolute Gasteiger partial charge is 0.522 e. The fourth-order valence-electron chi connectivity index (χ4n) is 1.51. The molecule has 0 aliphatic carbocycles. The summed E-state index contributed by atoms with van der Waals surface area (Å²) < 4.78 is 11.2. The van der Waals surface area contributed by atoms with Crippen LogP contribution in [0.1, 0.15) is 19.8 Å². The standard InChI is InChI=1S/C10H11BCl2O2/c1-2-3-6-11-14-9-7(12)4-5-8(13)10(9)15-11/h4-5H,2-3,6H2,1H3. The Bertz CT molecular complexity index is 340. The third-order valence-corrected chi connectivity index (χ3v) is 2.90. The minimum atomic E-state index is -0.239. The highest BCUT2D eigenvalue weighted by atomic mass is 35.5. The Balaban J connectivity index is 2.15. The van der Waals surface area contributed by atoms with Gasteiger partial charge in [0, 0.05) is 6.32 Å². The Morgan fingerprint density at radius 2 is 1.67 bits per heavy atom. The summed E-state index contributed by atoms with van der Waals surface area (Å²) in [6, 6.07) is 3.43. The average molecular weight is 245 g/mol. The topological polar surface area (TPSA) is 18.5 Å². The predicted octanol–water partition coefficient (Wildman–Crippen LogP) is 4.05. The van der Waals surface area contributed by atoms with Crippen LogP contribution in [0, 0.1) is 0 Å². The van der Waals surface area contributed by atoms with Crippen LogP contribution in [0.25, 0.3) is 0 Å². The summed E-state index contributed by atoms with van der Waals surface area (Å²) in [6.45, 7) is 2.13. The Morgan fingerprint density at radius 3 is 2.13 bits per heavy atom. The van der Waals surface area contributed by atoms with Crippen LogP contribution in [-0.4, -0.2) is 7.12 Å². The average Bonchev–Trinajstić information content (AvgIpc) is 2.66. The SMILES string of the molecule is CCCCB1Oc2c(Cl)ccc(Cl)c2O1. The van der Waals surface area contributed by atoms with Crippen LogP contribution < -0.4 is 9.31 Å². The molecule has 1 aliphatic heterocycles. The highest BCUT2D eigenvalue weighted by Gasteiger charge is 2.34. The fourth-order valence-corrected chi connectivity index (χ4v) is 1.90. The maximum Gasteiger partial charge on any atom is 0.594 e. The van der Waals surface area contributed by atoms with Gasteiger partial charge in [0.1, 0.15) is 0 Å². The molecular weight excluding hydrogens is 234 g/mol. The van der Waals surface area contributed by atoms with E-state index in [4.69, 9.17) is 32.5 Å². The Labute approximate surface area is 99.6 Å². The van der Waals surface area contributed by atoms with E-state index in [0.29, 0.717) is 21.5 Å². The first-order valence-electron chi connectivity index (χ1n) is 5.03. The van der Waals surface area contributed by atoms with Crippen LogP contribution in [0.5, 0.6) is 11.5 Å². The molecule has 0 atom stereocenters. The van der Waals surface area contributed by atoms with Gasteiger partial charge in [0.25, 0.3) is 0 Å². The highest BCUT2D eigenvalue weighted by molar-refractivity contribution is 6.49. The minimum Gasteiger partial charge on any atom is -0.522 e. The zero-order chi connectivity index (χ0) is 10.8. The normalized spacial score (nSPS) is 13.4.